The highest BCUT2D eigenvalue weighted by atomic mass is 16.5. The second-order valence-corrected chi connectivity index (χ2v) is 4.87. The fourth-order valence-corrected chi connectivity index (χ4v) is 2.19. The third-order valence-corrected chi connectivity index (χ3v) is 3.12. The molecule has 2 aromatic carbocycles. The first-order valence-corrected chi connectivity index (χ1v) is 7.42. The highest BCUT2D eigenvalue weighted by molar-refractivity contribution is 5.55. The first-order valence-electron chi connectivity index (χ1n) is 7.42. The Kier molecular flexibility index (Phi) is 5.50. The molecule has 0 aliphatic heterocycles. The van der Waals surface area contributed by atoms with E-state index < -0.39 is 0 Å². The van der Waals surface area contributed by atoms with E-state index in [-0.39, 0.29) is 0 Å². The van der Waals surface area contributed by atoms with E-state index in [0.29, 0.717) is 13.2 Å². The van der Waals surface area contributed by atoms with Gasteiger partial charge in [0.2, 0.25) is 0 Å². The summed E-state index contributed by atoms with van der Waals surface area (Å²) in [5, 5.41) is 3.42. The summed E-state index contributed by atoms with van der Waals surface area (Å²) in [6.07, 6.45) is 0. The molecule has 2 aromatic rings. The molecule has 21 heavy (non-hydrogen) atoms. The summed E-state index contributed by atoms with van der Waals surface area (Å²) >= 11 is 0. The summed E-state index contributed by atoms with van der Waals surface area (Å²) in [6.45, 7) is 8.11. The normalized spacial score (nSPS) is 10.2. The number of nitrogens with one attached hydrogen (secondary N) is 1. The van der Waals surface area contributed by atoms with Crippen molar-refractivity contribution >= 4 is 5.69 Å². The molecule has 3 heteroatoms. The van der Waals surface area contributed by atoms with Crippen LogP contribution in [0.4, 0.5) is 5.69 Å². The van der Waals surface area contributed by atoms with Crippen LogP contribution in [0.1, 0.15) is 25.0 Å². The lowest BCUT2D eigenvalue weighted by Gasteiger charge is -2.13. The van der Waals surface area contributed by atoms with Crippen LogP contribution in [0.25, 0.3) is 0 Å². The standard InChI is InChI=1S/C18H23NO2/c1-4-20-17-10-9-16(12-18(17)21-5-2)19-13-15-8-6-7-14(3)11-15/h6-12,19H,4-5,13H2,1-3H3. The molecular formula is C18H23NO2. The summed E-state index contributed by atoms with van der Waals surface area (Å²) in [7, 11) is 0. The maximum atomic E-state index is 5.64. The summed E-state index contributed by atoms with van der Waals surface area (Å²) in [5.74, 6) is 1.58. The summed E-state index contributed by atoms with van der Waals surface area (Å²) in [5.41, 5.74) is 3.57. The molecule has 0 fully saturated rings. The molecule has 0 radical (unpaired) electrons. The predicted molar refractivity (Wildman–Crippen MR) is 87.3 cm³/mol. The first kappa shape index (κ1) is 15.2. The molecule has 3 nitrogen and oxygen atoms in total. The van der Waals surface area contributed by atoms with Crippen LogP contribution in [0.15, 0.2) is 42.5 Å². The van der Waals surface area contributed by atoms with Gasteiger partial charge in [0.1, 0.15) is 0 Å². The van der Waals surface area contributed by atoms with Gasteiger partial charge >= 0.3 is 0 Å². The molecule has 0 spiro atoms. The largest absolute Gasteiger partial charge is 0.490 e. The zero-order valence-corrected chi connectivity index (χ0v) is 13.0. The van der Waals surface area contributed by atoms with Gasteiger partial charge in [-0.15, -0.1) is 0 Å². The van der Waals surface area contributed by atoms with Crippen LogP contribution in [0, 0.1) is 6.92 Å². The monoisotopic (exact) mass is 285 g/mol. The quantitative estimate of drug-likeness (QED) is 0.817. The van der Waals surface area contributed by atoms with E-state index in [0.717, 1.165) is 23.7 Å². The van der Waals surface area contributed by atoms with Crippen molar-refractivity contribution in [3.63, 3.8) is 0 Å². The van der Waals surface area contributed by atoms with E-state index in [1.54, 1.807) is 0 Å². The number of anilines is 1. The number of benzene rings is 2. The van der Waals surface area contributed by atoms with Crippen LogP contribution < -0.4 is 14.8 Å². The molecule has 0 unspecified atom stereocenters. The molecule has 0 heterocycles. The van der Waals surface area contributed by atoms with Crippen molar-refractivity contribution in [2.24, 2.45) is 0 Å². The molecular weight excluding hydrogens is 262 g/mol. The number of ether oxygens (including phenoxy) is 2. The van der Waals surface area contributed by atoms with Gasteiger partial charge in [0.15, 0.2) is 11.5 Å². The van der Waals surface area contributed by atoms with Crippen molar-refractivity contribution in [1.82, 2.24) is 0 Å². The van der Waals surface area contributed by atoms with Crippen molar-refractivity contribution in [3.8, 4) is 11.5 Å². The van der Waals surface area contributed by atoms with E-state index in [9.17, 15) is 0 Å². The average Bonchev–Trinajstić information content (AvgIpc) is 2.48. The number of hydrogen-bond acceptors (Lipinski definition) is 3. The van der Waals surface area contributed by atoms with Gasteiger partial charge in [-0.2, -0.15) is 0 Å². The van der Waals surface area contributed by atoms with Crippen molar-refractivity contribution < 1.29 is 9.47 Å². The van der Waals surface area contributed by atoms with E-state index in [1.165, 1.54) is 11.1 Å². The fourth-order valence-electron chi connectivity index (χ4n) is 2.19. The lowest BCUT2D eigenvalue weighted by atomic mass is 10.1. The smallest absolute Gasteiger partial charge is 0.163 e. The zero-order chi connectivity index (χ0) is 15.1. The second-order valence-electron chi connectivity index (χ2n) is 4.87. The van der Waals surface area contributed by atoms with Crippen LogP contribution in [-0.4, -0.2) is 13.2 Å². The zero-order valence-electron chi connectivity index (χ0n) is 13.0. The molecule has 112 valence electrons. The summed E-state index contributed by atoms with van der Waals surface area (Å²) < 4.78 is 11.2. The summed E-state index contributed by atoms with van der Waals surface area (Å²) in [6, 6.07) is 14.5. The Balaban J connectivity index is 2.07. The van der Waals surface area contributed by atoms with Crippen LogP contribution in [0.3, 0.4) is 0 Å². The molecule has 0 amide bonds. The predicted octanol–water partition coefficient (Wildman–Crippen LogP) is 4.40. The number of hydrogen-bond donors (Lipinski definition) is 1. The lowest BCUT2D eigenvalue weighted by Crippen LogP contribution is -2.02. The topological polar surface area (TPSA) is 30.5 Å². The third-order valence-electron chi connectivity index (χ3n) is 3.12. The van der Waals surface area contributed by atoms with Gasteiger partial charge in [0, 0.05) is 18.3 Å². The fraction of sp³-hybridized carbons (Fsp3) is 0.333. The van der Waals surface area contributed by atoms with E-state index in [4.69, 9.17) is 9.47 Å². The van der Waals surface area contributed by atoms with Gasteiger partial charge in [0.05, 0.1) is 13.2 Å². The lowest BCUT2D eigenvalue weighted by molar-refractivity contribution is 0.288. The molecule has 0 aliphatic rings. The van der Waals surface area contributed by atoms with E-state index >= 15 is 0 Å². The molecule has 0 atom stereocenters. The Hall–Kier alpha value is -2.16. The van der Waals surface area contributed by atoms with Gasteiger partial charge < -0.3 is 14.8 Å². The van der Waals surface area contributed by atoms with Gasteiger partial charge in [-0.05, 0) is 38.5 Å². The van der Waals surface area contributed by atoms with Crippen LogP contribution >= 0.6 is 0 Å². The molecule has 1 N–H and O–H groups in total. The van der Waals surface area contributed by atoms with Gasteiger partial charge in [0.25, 0.3) is 0 Å². The van der Waals surface area contributed by atoms with E-state index in [1.807, 2.05) is 32.0 Å². The number of aryl methyl sites for hydroxylation is 1. The van der Waals surface area contributed by atoms with Gasteiger partial charge in [-0.1, -0.05) is 29.8 Å². The van der Waals surface area contributed by atoms with Crippen molar-refractivity contribution in [2.45, 2.75) is 27.3 Å². The van der Waals surface area contributed by atoms with Crippen molar-refractivity contribution in [2.75, 3.05) is 18.5 Å². The maximum Gasteiger partial charge on any atom is 0.163 e. The van der Waals surface area contributed by atoms with Crippen LogP contribution in [0.2, 0.25) is 0 Å². The highest BCUT2D eigenvalue weighted by Crippen LogP contribution is 2.30. The van der Waals surface area contributed by atoms with E-state index in [2.05, 4.69) is 36.5 Å². The molecule has 0 aliphatic carbocycles. The molecule has 2 rings (SSSR count). The molecule has 0 aromatic heterocycles. The highest BCUT2D eigenvalue weighted by Gasteiger charge is 2.06. The number of rotatable bonds is 7. The average molecular weight is 285 g/mol. The Labute approximate surface area is 126 Å². The maximum absolute atomic E-state index is 5.64. The second kappa shape index (κ2) is 7.58. The van der Waals surface area contributed by atoms with Crippen molar-refractivity contribution in [1.29, 1.82) is 0 Å². The van der Waals surface area contributed by atoms with Crippen LogP contribution in [-0.2, 0) is 6.54 Å². The summed E-state index contributed by atoms with van der Waals surface area (Å²) in [4.78, 5) is 0. The van der Waals surface area contributed by atoms with Gasteiger partial charge in [-0.3, -0.25) is 0 Å². The SMILES string of the molecule is CCOc1ccc(NCc2cccc(C)c2)cc1OCC. The van der Waals surface area contributed by atoms with Gasteiger partial charge in [-0.25, -0.2) is 0 Å². The molecule has 0 bridgehead atoms. The minimum Gasteiger partial charge on any atom is -0.490 e. The molecule has 0 saturated heterocycles. The minimum absolute atomic E-state index is 0.626. The Morgan fingerprint density at radius 2 is 1.67 bits per heavy atom. The third kappa shape index (κ3) is 4.42. The Bertz CT molecular complexity index is 581. The van der Waals surface area contributed by atoms with Crippen LogP contribution in [0.5, 0.6) is 11.5 Å². The Morgan fingerprint density at radius 3 is 2.38 bits per heavy atom. The van der Waals surface area contributed by atoms with Crippen molar-refractivity contribution in [3.05, 3.63) is 53.6 Å². The first-order chi connectivity index (χ1) is 10.2. The molecule has 0 saturated carbocycles. The minimum atomic E-state index is 0.626. The Morgan fingerprint density at radius 1 is 0.905 bits per heavy atom.